The molecule has 0 fully saturated rings. The van der Waals surface area contributed by atoms with Crippen molar-refractivity contribution in [3.8, 4) is 5.75 Å². The highest BCUT2D eigenvalue weighted by molar-refractivity contribution is 5.81. The standard InChI is InChI=1S/C26H25N7O3/c34-25(35)13-23(18-4-8-24-31-28-16-32(24)15-18)33-22-7-6-21(12-19(22)14-29-33)36-11-9-20-5-3-17-2-1-10-27-26(17)30-20/h3-8,12,14-16,23H,1-2,9-11,13H2,(H,27,30)(H,34,35). The van der Waals surface area contributed by atoms with Crippen molar-refractivity contribution in [1.82, 2.24) is 29.4 Å². The molecule has 10 heteroatoms. The zero-order valence-electron chi connectivity index (χ0n) is 19.5. The number of rotatable bonds is 8. The van der Waals surface area contributed by atoms with Crippen molar-refractivity contribution < 1.29 is 14.6 Å². The third-order valence-corrected chi connectivity index (χ3v) is 6.51. The lowest BCUT2D eigenvalue weighted by atomic mass is 10.1. The van der Waals surface area contributed by atoms with E-state index < -0.39 is 12.0 Å². The fourth-order valence-corrected chi connectivity index (χ4v) is 4.70. The minimum atomic E-state index is -0.904. The normalized spacial score (nSPS) is 13.9. The highest BCUT2D eigenvalue weighted by atomic mass is 16.5. The summed E-state index contributed by atoms with van der Waals surface area (Å²) in [5.41, 5.74) is 4.61. The number of anilines is 1. The highest BCUT2D eigenvalue weighted by Crippen LogP contribution is 2.29. The van der Waals surface area contributed by atoms with Crippen LogP contribution in [0, 0.1) is 0 Å². The van der Waals surface area contributed by atoms with Crippen molar-refractivity contribution in [2.75, 3.05) is 18.5 Å². The van der Waals surface area contributed by atoms with E-state index >= 15 is 0 Å². The molecule has 0 amide bonds. The quantitative estimate of drug-likeness (QED) is 0.344. The molecule has 2 N–H and O–H groups in total. The number of fused-ring (bicyclic) bond motifs is 3. The van der Waals surface area contributed by atoms with E-state index in [1.807, 2.05) is 36.5 Å². The molecule has 4 aromatic heterocycles. The number of ether oxygens (including phenoxy) is 1. The monoisotopic (exact) mass is 483 g/mol. The summed E-state index contributed by atoms with van der Waals surface area (Å²) >= 11 is 0. The minimum Gasteiger partial charge on any atom is -0.493 e. The van der Waals surface area contributed by atoms with Gasteiger partial charge in [-0.3, -0.25) is 13.9 Å². The van der Waals surface area contributed by atoms with Gasteiger partial charge in [0.15, 0.2) is 5.65 Å². The van der Waals surface area contributed by atoms with E-state index in [9.17, 15) is 9.90 Å². The van der Waals surface area contributed by atoms with Gasteiger partial charge in [0.1, 0.15) is 17.9 Å². The number of aryl methyl sites for hydroxylation is 1. The first-order valence-electron chi connectivity index (χ1n) is 12.0. The molecule has 0 saturated heterocycles. The van der Waals surface area contributed by atoms with Crippen LogP contribution < -0.4 is 10.1 Å². The summed E-state index contributed by atoms with van der Waals surface area (Å²) in [5, 5.41) is 26.3. The van der Waals surface area contributed by atoms with Crippen LogP contribution in [-0.2, 0) is 17.6 Å². The third kappa shape index (κ3) is 4.33. The van der Waals surface area contributed by atoms with Gasteiger partial charge in [0.2, 0.25) is 0 Å². The number of pyridine rings is 2. The van der Waals surface area contributed by atoms with Gasteiger partial charge in [0.05, 0.1) is 30.8 Å². The molecular weight excluding hydrogens is 458 g/mol. The van der Waals surface area contributed by atoms with Gasteiger partial charge < -0.3 is 15.2 Å². The molecule has 5 aromatic rings. The largest absolute Gasteiger partial charge is 0.493 e. The maximum atomic E-state index is 11.7. The summed E-state index contributed by atoms with van der Waals surface area (Å²) in [4.78, 5) is 16.4. The van der Waals surface area contributed by atoms with Crippen LogP contribution >= 0.6 is 0 Å². The number of carboxylic acid groups (broad SMARTS) is 1. The van der Waals surface area contributed by atoms with E-state index in [1.165, 1.54) is 5.56 Å². The van der Waals surface area contributed by atoms with Gasteiger partial charge in [-0.05, 0) is 54.3 Å². The predicted octanol–water partition coefficient (Wildman–Crippen LogP) is 3.52. The molecule has 1 aliphatic rings. The Morgan fingerprint density at radius 3 is 3.06 bits per heavy atom. The Morgan fingerprint density at radius 1 is 1.19 bits per heavy atom. The summed E-state index contributed by atoms with van der Waals surface area (Å²) in [7, 11) is 0. The van der Waals surface area contributed by atoms with E-state index in [0.29, 0.717) is 18.7 Å². The maximum absolute atomic E-state index is 11.7. The Hall–Kier alpha value is -4.47. The second kappa shape index (κ2) is 9.29. The molecule has 0 bridgehead atoms. The topological polar surface area (TPSA) is 119 Å². The highest BCUT2D eigenvalue weighted by Gasteiger charge is 2.21. The predicted molar refractivity (Wildman–Crippen MR) is 133 cm³/mol. The number of nitrogens with zero attached hydrogens (tertiary/aromatic N) is 6. The fourth-order valence-electron chi connectivity index (χ4n) is 4.70. The van der Waals surface area contributed by atoms with Crippen LogP contribution in [0.2, 0.25) is 0 Å². The van der Waals surface area contributed by atoms with Gasteiger partial charge in [-0.1, -0.05) is 12.1 Å². The maximum Gasteiger partial charge on any atom is 0.305 e. The second-order valence-electron chi connectivity index (χ2n) is 8.92. The molecule has 0 saturated carbocycles. The Labute approximate surface area is 206 Å². The summed E-state index contributed by atoms with van der Waals surface area (Å²) in [6, 6.07) is 13.2. The molecule has 36 heavy (non-hydrogen) atoms. The van der Waals surface area contributed by atoms with Gasteiger partial charge in [-0.15, -0.1) is 10.2 Å². The lowest BCUT2D eigenvalue weighted by Gasteiger charge is -2.18. The Bertz CT molecular complexity index is 1560. The van der Waals surface area contributed by atoms with E-state index in [1.54, 1.807) is 21.6 Å². The van der Waals surface area contributed by atoms with Crippen molar-refractivity contribution in [2.45, 2.75) is 31.7 Å². The zero-order chi connectivity index (χ0) is 24.5. The number of carboxylic acids is 1. The SMILES string of the molecule is O=C(O)CC(c1ccc2nncn2c1)n1ncc2cc(OCCc3ccc4c(n3)NCCC4)ccc21. The van der Waals surface area contributed by atoms with Crippen LogP contribution in [0.25, 0.3) is 16.6 Å². The molecule has 1 aliphatic heterocycles. The molecule has 0 aliphatic carbocycles. The molecule has 1 aromatic carbocycles. The van der Waals surface area contributed by atoms with Gasteiger partial charge in [-0.25, -0.2) is 4.98 Å². The molecular formula is C26H25N7O3. The molecule has 6 rings (SSSR count). The number of aliphatic carboxylic acids is 1. The van der Waals surface area contributed by atoms with Gasteiger partial charge in [-0.2, -0.15) is 5.10 Å². The van der Waals surface area contributed by atoms with Gasteiger partial charge in [0.25, 0.3) is 0 Å². The van der Waals surface area contributed by atoms with Crippen LogP contribution in [0.3, 0.4) is 0 Å². The molecule has 0 spiro atoms. The Balaban J connectivity index is 1.20. The molecule has 0 radical (unpaired) electrons. The molecule has 1 atom stereocenters. The number of hydrogen-bond acceptors (Lipinski definition) is 7. The van der Waals surface area contributed by atoms with E-state index in [-0.39, 0.29) is 6.42 Å². The number of carbonyl (C=O) groups is 1. The number of aromatic nitrogens is 6. The van der Waals surface area contributed by atoms with E-state index in [4.69, 9.17) is 9.72 Å². The first-order chi connectivity index (χ1) is 17.6. The summed E-state index contributed by atoms with van der Waals surface area (Å²) < 4.78 is 9.54. The van der Waals surface area contributed by atoms with Crippen molar-refractivity contribution >= 4 is 28.3 Å². The lowest BCUT2D eigenvalue weighted by Crippen LogP contribution is -2.16. The first kappa shape index (κ1) is 22.0. The van der Waals surface area contributed by atoms with Gasteiger partial charge >= 0.3 is 5.97 Å². The van der Waals surface area contributed by atoms with E-state index in [2.05, 4.69) is 32.7 Å². The van der Waals surface area contributed by atoms with Crippen molar-refractivity contribution in [3.63, 3.8) is 0 Å². The third-order valence-electron chi connectivity index (χ3n) is 6.51. The van der Waals surface area contributed by atoms with Crippen molar-refractivity contribution in [1.29, 1.82) is 0 Å². The van der Waals surface area contributed by atoms with Crippen molar-refractivity contribution in [2.24, 2.45) is 0 Å². The average molecular weight is 484 g/mol. The van der Waals surface area contributed by atoms with Crippen LogP contribution in [-0.4, -0.2) is 53.6 Å². The summed E-state index contributed by atoms with van der Waals surface area (Å²) in [6.45, 7) is 1.47. The number of nitrogens with one attached hydrogen (secondary N) is 1. The van der Waals surface area contributed by atoms with Crippen LogP contribution in [0.5, 0.6) is 5.75 Å². The lowest BCUT2D eigenvalue weighted by molar-refractivity contribution is -0.137. The molecule has 182 valence electrons. The molecule has 5 heterocycles. The summed E-state index contributed by atoms with van der Waals surface area (Å²) in [6.07, 6.45) is 8.00. The average Bonchev–Trinajstić information content (AvgIpc) is 3.53. The van der Waals surface area contributed by atoms with E-state index in [0.717, 1.165) is 53.1 Å². The zero-order valence-corrected chi connectivity index (χ0v) is 19.5. The second-order valence-corrected chi connectivity index (χ2v) is 8.92. The van der Waals surface area contributed by atoms with Crippen LogP contribution in [0.1, 0.15) is 35.7 Å². The number of hydrogen-bond donors (Lipinski definition) is 2. The molecule has 1 unspecified atom stereocenters. The fraction of sp³-hybridized carbons (Fsp3) is 0.269. The Kier molecular flexibility index (Phi) is 5.68. The smallest absolute Gasteiger partial charge is 0.305 e. The van der Waals surface area contributed by atoms with Crippen molar-refractivity contribution in [3.05, 3.63) is 78.0 Å². The first-order valence-corrected chi connectivity index (χ1v) is 12.0. The molecule has 10 nitrogen and oxygen atoms in total. The van der Waals surface area contributed by atoms with Gasteiger partial charge in [0, 0.05) is 30.2 Å². The Morgan fingerprint density at radius 2 is 2.14 bits per heavy atom. The van der Waals surface area contributed by atoms with Crippen LogP contribution in [0.15, 0.2) is 61.2 Å². The number of benzene rings is 1. The minimum absolute atomic E-state index is 0.106. The van der Waals surface area contributed by atoms with Crippen LogP contribution in [0.4, 0.5) is 5.82 Å². The summed E-state index contributed by atoms with van der Waals surface area (Å²) in [5.74, 6) is 0.823.